The maximum atomic E-state index is 5.74. The van der Waals surface area contributed by atoms with Crippen molar-refractivity contribution in [3.05, 3.63) is 83.2 Å². The van der Waals surface area contributed by atoms with Gasteiger partial charge < -0.3 is 11.1 Å². The van der Waals surface area contributed by atoms with Gasteiger partial charge in [0.05, 0.1) is 17.6 Å². The number of nitrogens with two attached hydrogens (primary N) is 1. The van der Waals surface area contributed by atoms with Gasteiger partial charge in [0, 0.05) is 30.7 Å². The van der Waals surface area contributed by atoms with Gasteiger partial charge in [-0.25, -0.2) is 4.98 Å². The molecule has 0 aliphatic heterocycles. The number of imidazole rings is 1. The maximum Gasteiger partial charge on any atom is 0.161 e. The molecule has 0 saturated carbocycles. The molecular formula is C26H31N5. The lowest BCUT2D eigenvalue weighted by atomic mass is 10.0. The molecule has 1 aromatic carbocycles. The van der Waals surface area contributed by atoms with E-state index in [2.05, 4.69) is 58.8 Å². The first-order valence-electron chi connectivity index (χ1n) is 10.3. The van der Waals surface area contributed by atoms with Gasteiger partial charge in [-0.3, -0.25) is 9.56 Å². The Balaban J connectivity index is 2.46. The standard InChI is InChI=1S/C26H31N5/c1-7-14-31-24(13-12-22-15-21(19(4)5)11-10-20(22)6)18-29-26(31)25(8-2)30-23(16-27)17-28-9-3/h7-8,10-11,14-18,30H,4,9,27H2,1-3,5-6H3/b14-7-,23-16?,25-8+,28-17?. The van der Waals surface area contributed by atoms with Crippen LogP contribution in [0.5, 0.6) is 0 Å². The summed E-state index contributed by atoms with van der Waals surface area (Å²) in [5, 5.41) is 3.29. The average Bonchev–Trinajstić information content (AvgIpc) is 3.16. The van der Waals surface area contributed by atoms with E-state index >= 15 is 0 Å². The molecule has 5 nitrogen and oxygen atoms in total. The van der Waals surface area contributed by atoms with Crippen LogP contribution >= 0.6 is 0 Å². The Labute approximate surface area is 185 Å². The van der Waals surface area contributed by atoms with Gasteiger partial charge >= 0.3 is 0 Å². The lowest BCUT2D eigenvalue weighted by Crippen LogP contribution is -2.17. The predicted molar refractivity (Wildman–Crippen MR) is 133 cm³/mol. The fourth-order valence-corrected chi connectivity index (χ4v) is 2.83. The fourth-order valence-electron chi connectivity index (χ4n) is 2.83. The highest BCUT2D eigenvalue weighted by Gasteiger charge is 2.12. The van der Waals surface area contributed by atoms with Crippen LogP contribution in [-0.2, 0) is 0 Å². The SMILES string of the molecule is C=C(C)c1ccc(C)c(C#Cc2cnc(/C(=C\C)NC(C=NCC)=CN)n2/C=C\C)c1. The summed E-state index contributed by atoms with van der Waals surface area (Å²) in [6.07, 6.45) is 10.8. The van der Waals surface area contributed by atoms with Crippen LogP contribution in [0.3, 0.4) is 0 Å². The van der Waals surface area contributed by atoms with Crippen LogP contribution in [0.1, 0.15) is 55.9 Å². The molecule has 160 valence electrons. The van der Waals surface area contributed by atoms with E-state index in [4.69, 9.17) is 5.73 Å². The van der Waals surface area contributed by atoms with E-state index in [0.29, 0.717) is 12.2 Å². The van der Waals surface area contributed by atoms with Gasteiger partial charge in [-0.05, 0) is 57.7 Å². The molecule has 3 N–H and O–H groups in total. The highest BCUT2D eigenvalue weighted by molar-refractivity contribution is 5.81. The van der Waals surface area contributed by atoms with Gasteiger partial charge in [0.25, 0.3) is 0 Å². The topological polar surface area (TPSA) is 68.2 Å². The molecule has 0 radical (unpaired) electrons. The Kier molecular flexibility index (Phi) is 8.65. The number of hydrogen-bond donors (Lipinski definition) is 2. The van der Waals surface area contributed by atoms with Gasteiger partial charge in [-0.2, -0.15) is 0 Å². The summed E-state index contributed by atoms with van der Waals surface area (Å²) in [7, 11) is 0. The van der Waals surface area contributed by atoms with Crippen LogP contribution in [0.25, 0.3) is 17.5 Å². The number of nitrogens with zero attached hydrogens (tertiary/aromatic N) is 3. The van der Waals surface area contributed by atoms with Gasteiger partial charge in [-0.15, -0.1) is 0 Å². The highest BCUT2D eigenvalue weighted by atomic mass is 15.1. The van der Waals surface area contributed by atoms with E-state index < -0.39 is 0 Å². The summed E-state index contributed by atoms with van der Waals surface area (Å²) in [4.78, 5) is 8.85. The lowest BCUT2D eigenvalue weighted by molar-refractivity contribution is 1.01. The van der Waals surface area contributed by atoms with E-state index in [1.54, 1.807) is 12.4 Å². The normalized spacial score (nSPS) is 12.3. The van der Waals surface area contributed by atoms with Gasteiger partial charge in [0.1, 0.15) is 5.69 Å². The van der Waals surface area contributed by atoms with Crippen molar-refractivity contribution in [2.75, 3.05) is 6.54 Å². The molecule has 0 saturated heterocycles. The Hall–Kier alpha value is -3.78. The Bertz CT molecular complexity index is 1110. The molecule has 1 heterocycles. The van der Waals surface area contributed by atoms with E-state index in [1.807, 2.05) is 50.6 Å². The largest absolute Gasteiger partial charge is 0.403 e. The number of hydrogen-bond acceptors (Lipinski definition) is 4. The van der Waals surface area contributed by atoms with E-state index in [0.717, 1.165) is 39.5 Å². The number of aromatic nitrogens is 2. The summed E-state index contributed by atoms with van der Waals surface area (Å²) in [6.45, 7) is 14.6. The summed E-state index contributed by atoms with van der Waals surface area (Å²) >= 11 is 0. The van der Waals surface area contributed by atoms with E-state index in [1.165, 1.54) is 6.20 Å². The van der Waals surface area contributed by atoms with Crippen molar-refractivity contribution in [1.82, 2.24) is 14.9 Å². The molecule has 31 heavy (non-hydrogen) atoms. The van der Waals surface area contributed by atoms with Crippen molar-refractivity contribution in [3.63, 3.8) is 0 Å². The van der Waals surface area contributed by atoms with Gasteiger partial charge in [0.15, 0.2) is 5.82 Å². The number of aliphatic imine (C=N–C) groups is 1. The van der Waals surface area contributed by atoms with Crippen molar-refractivity contribution in [2.24, 2.45) is 10.7 Å². The zero-order valence-corrected chi connectivity index (χ0v) is 19.0. The number of allylic oxidation sites excluding steroid dienone is 4. The predicted octanol–water partition coefficient (Wildman–Crippen LogP) is 4.96. The molecule has 0 aliphatic carbocycles. The second kappa shape index (κ2) is 11.4. The minimum absolute atomic E-state index is 0.684. The average molecular weight is 414 g/mol. The summed E-state index contributed by atoms with van der Waals surface area (Å²) in [5.41, 5.74) is 12.2. The van der Waals surface area contributed by atoms with Crippen LogP contribution in [0.15, 0.2) is 60.0 Å². The van der Waals surface area contributed by atoms with Crippen LogP contribution < -0.4 is 11.1 Å². The monoisotopic (exact) mass is 413 g/mol. The molecule has 0 unspecified atom stereocenters. The highest BCUT2D eigenvalue weighted by Crippen LogP contribution is 2.18. The van der Waals surface area contributed by atoms with Crippen molar-refractivity contribution in [2.45, 2.75) is 34.6 Å². The fraction of sp³-hybridized carbons (Fsp3) is 0.231. The number of aryl methyl sites for hydroxylation is 1. The second-order valence-electron chi connectivity index (χ2n) is 6.96. The zero-order chi connectivity index (χ0) is 22.8. The van der Waals surface area contributed by atoms with Gasteiger partial charge in [-0.1, -0.05) is 42.4 Å². The molecule has 2 aromatic rings. The van der Waals surface area contributed by atoms with Crippen molar-refractivity contribution in [3.8, 4) is 11.8 Å². The Morgan fingerprint density at radius 1 is 1.32 bits per heavy atom. The smallest absolute Gasteiger partial charge is 0.161 e. The maximum absolute atomic E-state index is 5.74. The number of nitrogens with one attached hydrogen (secondary N) is 1. The third-order valence-corrected chi connectivity index (χ3v) is 4.55. The minimum Gasteiger partial charge on any atom is -0.403 e. The first-order chi connectivity index (χ1) is 14.9. The first-order valence-corrected chi connectivity index (χ1v) is 10.3. The van der Waals surface area contributed by atoms with Gasteiger partial charge in [0.2, 0.25) is 0 Å². The third-order valence-electron chi connectivity index (χ3n) is 4.55. The molecule has 1 aromatic heterocycles. The molecule has 0 atom stereocenters. The minimum atomic E-state index is 0.684. The van der Waals surface area contributed by atoms with Crippen molar-refractivity contribution < 1.29 is 0 Å². The molecule has 0 aliphatic rings. The van der Waals surface area contributed by atoms with Crippen molar-refractivity contribution in [1.29, 1.82) is 0 Å². The Morgan fingerprint density at radius 3 is 2.71 bits per heavy atom. The van der Waals surface area contributed by atoms with Crippen LogP contribution in [0, 0.1) is 18.8 Å². The molecule has 0 fully saturated rings. The number of rotatable bonds is 7. The van der Waals surface area contributed by atoms with Crippen LogP contribution in [-0.4, -0.2) is 22.3 Å². The summed E-state index contributed by atoms with van der Waals surface area (Å²) in [6, 6.07) is 6.22. The molecule has 0 amide bonds. The second-order valence-corrected chi connectivity index (χ2v) is 6.96. The zero-order valence-electron chi connectivity index (χ0n) is 19.0. The Morgan fingerprint density at radius 2 is 2.10 bits per heavy atom. The summed E-state index contributed by atoms with van der Waals surface area (Å²) < 4.78 is 1.96. The van der Waals surface area contributed by atoms with E-state index in [9.17, 15) is 0 Å². The quantitative estimate of drug-likeness (QED) is 0.498. The molecule has 0 spiro atoms. The molecule has 2 rings (SSSR count). The first kappa shape index (κ1) is 23.5. The number of benzene rings is 1. The lowest BCUT2D eigenvalue weighted by Gasteiger charge is -2.11. The van der Waals surface area contributed by atoms with E-state index in [-0.39, 0.29) is 0 Å². The van der Waals surface area contributed by atoms with Crippen molar-refractivity contribution >= 4 is 23.7 Å². The van der Waals surface area contributed by atoms with Crippen LogP contribution in [0.4, 0.5) is 0 Å². The molecule has 0 bridgehead atoms. The molecular weight excluding hydrogens is 382 g/mol. The summed E-state index contributed by atoms with van der Waals surface area (Å²) in [5.74, 6) is 7.30. The molecule has 5 heteroatoms. The third kappa shape index (κ3) is 6.10. The van der Waals surface area contributed by atoms with Crippen LogP contribution in [0.2, 0.25) is 0 Å².